The van der Waals surface area contributed by atoms with Crippen LogP contribution in [0.2, 0.25) is 0 Å². The molecule has 0 radical (unpaired) electrons. The number of fused-ring (bicyclic) bond motifs is 4. The monoisotopic (exact) mass is 1160 g/mol. The number of pyridine rings is 1. The molecule has 0 saturated heterocycles. The van der Waals surface area contributed by atoms with E-state index in [1.54, 1.807) is 12.2 Å². The number of hydrogen-bond donors (Lipinski definition) is 4. The number of Topliss-reactive ketones (excluding diaryl/α,β-unsaturated/α-hetero) is 1. The average Bonchev–Trinajstić information content (AvgIpc) is 3.89. The first-order chi connectivity index (χ1) is 37.8. The molecule has 428 valence electrons. The summed E-state index contributed by atoms with van der Waals surface area (Å²) in [7, 11) is -12.4. The largest absolute Gasteiger partial charge is 0.871 e. The first-order valence-corrected chi connectivity index (χ1v) is 30.6. The zero-order valence-electron chi connectivity index (χ0n) is 45.8. The van der Waals surface area contributed by atoms with Gasteiger partial charge in [-0.2, -0.15) is 26.0 Å². The van der Waals surface area contributed by atoms with E-state index in [-0.39, 0.29) is 48.2 Å². The van der Waals surface area contributed by atoms with Crippen molar-refractivity contribution < 1.29 is 68.2 Å². The Labute approximate surface area is 470 Å². The van der Waals surface area contributed by atoms with Gasteiger partial charge >= 0.3 is 0 Å². The van der Waals surface area contributed by atoms with Crippen molar-refractivity contribution in [2.45, 2.75) is 84.0 Å². The van der Waals surface area contributed by atoms with Crippen LogP contribution in [-0.4, -0.2) is 117 Å². The number of aromatic hydroxyl groups is 2. The van der Waals surface area contributed by atoms with E-state index in [2.05, 4.69) is 48.5 Å². The summed E-state index contributed by atoms with van der Waals surface area (Å²) in [5.41, 5.74) is 6.40. The van der Waals surface area contributed by atoms with Gasteiger partial charge in [-0.15, -0.1) is 0 Å². The molecule has 0 saturated carbocycles. The number of benzene rings is 4. The highest BCUT2D eigenvalue weighted by Crippen LogP contribution is 2.49. The number of anilines is 1. The highest BCUT2D eigenvalue weighted by Gasteiger charge is 2.47. The van der Waals surface area contributed by atoms with Crippen LogP contribution in [0.3, 0.4) is 0 Å². The van der Waals surface area contributed by atoms with E-state index < -0.39 is 86.6 Å². The van der Waals surface area contributed by atoms with E-state index in [9.17, 15) is 58.4 Å². The summed E-state index contributed by atoms with van der Waals surface area (Å²) < 4.78 is 100. The van der Waals surface area contributed by atoms with Crippen LogP contribution in [0, 0.1) is 0 Å². The molecule has 1 aromatic heterocycles. The third-order valence-corrected chi connectivity index (χ3v) is 17.4. The van der Waals surface area contributed by atoms with E-state index >= 15 is 0 Å². The van der Waals surface area contributed by atoms with Crippen LogP contribution in [0.1, 0.15) is 84.4 Å². The van der Waals surface area contributed by atoms with E-state index in [1.807, 2.05) is 134 Å². The summed E-state index contributed by atoms with van der Waals surface area (Å²) in [4.78, 5) is 39.6. The van der Waals surface area contributed by atoms with Gasteiger partial charge in [-0.1, -0.05) is 98.5 Å². The SMILES string of the molecule is CC1(C)C(C=C2C(=O)C(/C=C3/N(CCCS(=O)(=O)O)c4ccccc4C3(C)C)=C2[O-])=[N+](CCCS(=O)(=O)O)c2ccccc21.CC1=[N+](CCCS(=O)(=O)[O-])c2ccccc2C1(C)C.O=c1c(O)c(O)c1=O.c1ccc2ncccc2c1. The molecule has 3 aliphatic heterocycles. The van der Waals surface area contributed by atoms with Crippen molar-refractivity contribution in [3.05, 3.63) is 187 Å². The summed E-state index contributed by atoms with van der Waals surface area (Å²) in [5.74, 6) is -3.62. The van der Waals surface area contributed by atoms with Crippen molar-refractivity contribution in [2.75, 3.05) is 41.8 Å². The normalized spacial score (nSPS) is 17.7. The Morgan fingerprint density at radius 2 is 1.10 bits per heavy atom. The van der Waals surface area contributed by atoms with Gasteiger partial charge in [0.2, 0.25) is 22.9 Å². The van der Waals surface area contributed by atoms with Crippen LogP contribution in [0.15, 0.2) is 160 Å². The van der Waals surface area contributed by atoms with E-state index in [0.717, 1.165) is 33.7 Å². The molecule has 4 aliphatic rings. The first kappa shape index (κ1) is 61.2. The molecular formula is C59H64N4O15S3. The molecule has 0 spiro atoms. The smallest absolute Gasteiger partial charge is 0.275 e. The number of ketones is 1. The van der Waals surface area contributed by atoms with E-state index in [0.29, 0.717) is 24.4 Å². The highest BCUT2D eigenvalue weighted by atomic mass is 32.2. The molecule has 0 amide bonds. The molecule has 0 atom stereocenters. The Morgan fingerprint density at radius 3 is 1.67 bits per heavy atom. The predicted molar refractivity (Wildman–Crippen MR) is 307 cm³/mol. The lowest BCUT2D eigenvalue weighted by atomic mass is 9.77. The lowest BCUT2D eigenvalue weighted by molar-refractivity contribution is -0.438. The van der Waals surface area contributed by atoms with Gasteiger partial charge in [0.1, 0.15) is 13.1 Å². The van der Waals surface area contributed by atoms with Gasteiger partial charge in [0, 0.05) is 101 Å². The Kier molecular flexibility index (Phi) is 17.8. The molecule has 0 bridgehead atoms. The van der Waals surface area contributed by atoms with Gasteiger partial charge in [0.05, 0.1) is 38.0 Å². The number of nitrogens with zero attached hydrogens (tertiary/aromatic N) is 4. The predicted octanol–water partition coefficient (Wildman–Crippen LogP) is 6.37. The topological polar surface area (TPSA) is 303 Å². The van der Waals surface area contributed by atoms with Crippen molar-refractivity contribution in [3.8, 4) is 11.5 Å². The first-order valence-electron chi connectivity index (χ1n) is 25.9. The summed E-state index contributed by atoms with van der Waals surface area (Å²) >= 11 is 0. The molecular weight excluding hydrogens is 1100 g/mol. The number of allylic oxidation sites excluding steroid dienone is 5. The Hall–Kier alpha value is -7.47. The van der Waals surface area contributed by atoms with Crippen LogP contribution in [0.25, 0.3) is 10.9 Å². The van der Waals surface area contributed by atoms with E-state index in [4.69, 9.17) is 10.2 Å². The van der Waals surface area contributed by atoms with E-state index in [1.165, 1.54) is 16.7 Å². The van der Waals surface area contributed by atoms with Gasteiger partial charge in [-0.25, -0.2) is 8.42 Å². The second-order valence-electron chi connectivity index (χ2n) is 21.5. The van der Waals surface area contributed by atoms with Crippen LogP contribution >= 0.6 is 0 Å². The lowest BCUT2D eigenvalue weighted by Crippen LogP contribution is -2.35. The zero-order chi connectivity index (χ0) is 59.6. The Bertz CT molecular complexity index is 3960. The van der Waals surface area contributed by atoms with Crippen molar-refractivity contribution in [2.24, 2.45) is 0 Å². The van der Waals surface area contributed by atoms with Crippen molar-refractivity contribution in [1.82, 2.24) is 4.98 Å². The number of aromatic nitrogens is 1. The second-order valence-corrected chi connectivity index (χ2v) is 26.1. The fraction of sp³-hybridized carbons (Fsp3) is 0.322. The van der Waals surface area contributed by atoms with Gasteiger partial charge in [-0.3, -0.25) is 28.5 Å². The number of hydrogen-bond acceptors (Lipinski definition) is 15. The average molecular weight is 1170 g/mol. The lowest BCUT2D eigenvalue weighted by Gasteiger charge is -2.33. The molecule has 1 aliphatic carbocycles. The van der Waals surface area contributed by atoms with Crippen LogP contribution in [0.5, 0.6) is 11.5 Å². The minimum atomic E-state index is -4.16. The maximum absolute atomic E-state index is 13.6. The number of rotatable bonds is 14. The summed E-state index contributed by atoms with van der Waals surface area (Å²) in [6.07, 6.45) is 5.64. The third-order valence-electron chi connectivity index (χ3n) is 15.0. The minimum Gasteiger partial charge on any atom is -0.871 e. The molecule has 5 aromatic carbocycles. The number of para-hydroxylation sites is 4. The highest BCUT2D eigenvalue weighted by molar-refractivity contribution is 7.86. The van der Waals surface area contributed by atoms with Crippen molar-refractivity contribution in [3.63, 3.8) is 0 Å². The Morgan fingerprint density at radius 1 is 0.605 bits per heavy atom. The summed E-state index contributed by atoms with van der Waals surface area (Å²) in [6, 6.07) is 35.5. The molecule has 4 N–H and O–H groups in total. The summed E-state index contributed by atoms with van der Waals surface area (Å²) in [5, 5.41) is 31.2. The molecule has 4 heterocycles. The summed E-state index contributed by atoms with van der Waals surface area (Å²) in [6.45, 7) is 15.4. The molecule has 81 heavy (non-hydrogen) atoms. The van der Waals surface area contributed by atoms with Gasteiger partial charge < -0.3 is 24.8 Å². The fourth-order valence-electron chi connectivity index (χ4n) is 10.5. The third kappa shape index (κ3) is 13.3. The molecule has 10 rings (SSSR count). The number of carbonyl (C=O) groups is 1. The zero-order valence-corrected chi connectivity index (χ0v) is 48.2. The van der Waals surface area contributed by atoms with Gasteiger partial charge in [0.25, 0.3) is 31.1 Å². The molecule has 0 fully saturated rings. The minimum absolute atomic E-state index is 0.0266. The van der Waals surface area contributed by atoms with Crippen LogP contribution < -0.4 is 20.9 Å². The van der Waals surface area contributed by atoms with Crippen LogP contribution in [0.4, 0.5) is 17.1 Å². The standard InChI is InChI=1S/C32H36N2O8S2.C14H19NO3S.C9H7N.C4H2O4/c1-31(2)23-11-5-7-13-25(23)33(15-9-17-43(37,38)39)27(31)19-21-29(35)22(30(21)36)20-28-32(3,4)24-12-6-8-14-26(24)34(28)16-10-18-44(40,41)42;1-11-14(2,3)12-7-4-5-8-13(12)15(11)9-6-10-19(16,17)18;1-2-6-9-8(4-1)5-3-7-10-9;5-1-2(6)4(8)3(1)7/h5-8,11-14,19-20H,9-10,15-18H2,1-4H3,(H2-,35,36,37,38,39,40,41,42);4-5,7-8H,6,9-10H2,1-3H3;1-7H;5-6H. The maximum Gasteiger partial charge on any atom is 0.275 e. The number of carbonyl (C=O) groups excluding carboxylic acids is 1. The van der Waals surface area contributed by atoms with Gasteiger partial charge in [-0.05, 0) is 64.0 Å². The van der Waals surface area contributed by atoms with Crippen molar-refractivity contribution in [1.29, 1.82) is 0 Å². The van der Waals surface area contributed by atoms with Crippen molar-refractivity contribution >= 4 is 75.5 Å². The Balaban J connectivity index is 0.000000205. The molecule has 6 aromatic rings. The molecule has 22 heteroatoms. The quantitative estimate of drug-likeness (QED) is 0.0398. The van der Waals surface area contributed by atoms with Gasteiger partial charge in [0.15, 0.2) is 17.2 Å². The second kappa shape index (κ2) is 23.6. The molecule has 19 nitrogen and oxygen atoms in total. The fourth-order valence-corrected chi connectivity index (χ4v) is 12.0. The molecule has 0 unspecified atom stereocenters. The maximum atomic E-state index is 13.6. The van der Waals surface area contributed by atoms with Crippen LogP contribution in [-0.2, 0) is 51.4 Å².